The summed E-state index contributed by atoms with van der Waals surface area (Å²) in [6.07, 6.45) is 3.18. The van der Waals surface area contributed by atoms with Gasteiger partial charge in [-0.2, -0.15) is 0 Å². The molecule has 0 aromatic rings. The predicted molar refractivity (Wildman–Crippen MR) is 70.3 cm³/mol. The minimum absolute atomic E-state index is 0.818. The molecule has 88 valence electrons. The van der Waals surface area contributed by atoms with Crippen molar-refractivity contribution in [3.63, 3.8) is 0 Å². The second-order valence-electron chi connectivity index (χ2n) is 4.39. The van der Waals surface area contributed by atoms with Crippen molar-refractivity contribution in [3.8, 4) is 0 Å². The lowest BCUT2D eigenvalue weighted by atomic mass is 10.4. The maximum Gasteiger partial charge on any atom is 0.169 e. The van der Waals surface area contributed by atoms with Crippen molar-refractivity contribution < 1.29 is 8.42 Å². The Labute approximate surface area is 95.0 Å². The van der Waals surface area contributed by atoms with Gasteiger partial charge in [0.2, 0.25) is 0 Å². The third-order valence-corrected chi connectivity index (χ3v) is 7.77. The first-order valence-electron chi connectivity index (χ1n) is 5.30. The van der Waals surface area contributed by atoms with E-state index in [2.05, 4.69) is 26.1 Å². The molecular formula is C11H22O2SSi. The van der Waals surface area contributed by atoms with E-state index in [-0.39, 0.29) is 0 Å². The van der Waals surface area contributed by atoms with E-state index in [0.29, 0.717) is 0 Å². The highest BCUT2D eigenvalue weighted by atomic mass is 32.2. The Bertz CT molecular complexity index is 349. The Morgan fingerprint density at radius 2 is 1.73 bits per heavy atom. The number of hydrogen-bond acceptors (Lipinski definition) is 2. The molecule has 15 heavy (non-hydrogen) atoms. The van der Waals surface area contributed by atoms with Crippen LogP contribution in [0, 0.1) is 0 Å². The van der Waals surface area contributed by atoms with Crippen molar-refractivity contribution in [1.82, 2.24) is 0 Å². The van der Waals surface area contributed by atoms with Gasteiger partial charge in [0.05, 0.1) is 8.07 Å². The van der Waals surface area contributed by atoms with Gasteiger partial charge in [0.15, 0.2) is 9.84 Å². The maximum atomic E-state index is 11.0. The van der Waals surface area contributed by atoms with Crippen LogP contribution in [0.25, 0.3) is 0 Å². The second kappa shape index (κ2) is 5.65. The van der Waals surface area contributed by atoms with Gasteiger partial charge < -0.3 is 0 Å². The average molecular weight is 246 g/mol. The summed E-state index contributed by atoms with van der Waals surface area (Å²) in [4.78, 5) is 0. The molecule has 0 spiro atoms. The zero-order chi connectivity index (χ0) is 12.1. The third-order valence-electron chi connectivity index (χ3n) is 2.76. The molecule has 0 aromatic carbocycles. The number of allylic oxidation sites excluding steroid dienone is 2. The van der Waals surface area contributed by atoms with Gasteiger partial charge in [-0.3, -0.25) is 0 Å². The smallest absolute Gasteiger partial charge is 0.169 e. The zero-order valence-corrected chi connectivity index (χ0v) is 12.2. The average Bonchev–Trinajstić information content (AvgIpc) is 2.12. The molecule has 0 aliphatic heterocycles. The number of sulfone groups is 1. The normalized spacial score (nSPS) is 14.9. The SMILES string of the molecule is CC[Si](C)(/C=C/C(C)=C/S(C)(=O)=O)CC. The van der Waals surface area contributed by atoms with Gasteiger partial charge in [0.25, 0.3) is 0 Å². The lowest BCUT2D eigenvalue weighted by Gasteiger charge is -2.18. The molecule has 0 bridgehead atoms. The van der Waals surface area contributed by atoms with Crippen LogP contribution in [0.3, 0.4) is 0 Å². The summed E-state index contributed by atoms with van der Waals surface area (Å²) in [5.74, 6) is 0. The van der Waals surface area contributed by atoms with Crippen LogP contribution in [-0.2, 0) is 9.84 Å². The second-order valence-corrected chi connectivity index (χ2v) is 11.3. The minimum Gasteiger partial charge on any atom is -0.225 e. The van der Waals surface area contributed by atoms with Crippen LogP contribution in [0.4, 0.5) is 0 Å². The van der Waals surface area contributed by atoms with E-state index in [1.807, 2.05) is 13.0 Å². The molecule has 0 rings (SSSR count). The molecule has 0 amide bonds. The molecule has 0 saturated carbocycles. The van der Waals surface area contributed by atoms with Crippen molar-refractivity contribution in [2.45, 2.75) is 39.4 Å². The zero-order valence-electron chi connectivity index (χ0n) is 10.4. The summed E-state index contributed by atoms with van der Waals surface area (Å²) in [7, 11) is -4.25. The first kappa shape index (κ1) is 14.6. The topological polar surface area (TPSA) is 34.1 Å². The summed E-state index contributed by atoms with van der Waals surface area (Å²) >= 11 is 0. The van der Waals surface area contributed by atoms with Crippen LogP contribution in [0.1, 0.15) is 20.8 Å². The Morgan fingerprint density at radius 3 is 2.07 bits per heavy atom. The van der Waals surface area contributed by atoms with Crippen molar-refractivity contribution in [3.05, 3.63) is 22.8 Å². The Balaban J connectivity index is 4.75. The van der Waals surface area contributed by atoms with Gasteiger partial charge in [-0.05, 0) is 12.5 Å². The summed E-state index contributed by atoms with van der Waals surface area (Å²) in [5, 5.41) is 1.32. The molecule has 0 radical (unpaired) electrons. The van der Waals surface area contributed by atoms with Gasteiger partial charge in [0.1, 0.15) is 0 Å². The monoisotopic (exact) mass is 246 g/mol. The molecule has 2 nitrogen and oxygen atoms in total. The molecule has 0 aliphatic rings. The molecule has 4 heteroatoms. The van der Waals surface area contributed by atoms with Crippen LogP contribution in [0.5, 0.6) is 0 Å². The highest BCUT2D eigenvalue weighted by Gasteiger charge is 2.17. The van der Waals surface area contributed by atoms with E-state index in [1.165, 1.54) is 23.8 Å². The van der Waals surface area contributed by atoms with Crippen molar-refractivity contribution in [2.24, 2.45) is 0 Å². The Hall–Kier alpha value is -0.353. The molecule has 0 unspecified atom stereocenters. The molecule has 0 fully saturated rings. The number of rotatable bonds is 5. The minimum atomic E-state index is -3.00. The largest absolute Gasteiger partial charge is 0.225 e. The molecule has 0 N–H and O–H groups in total. The fourth-order valence-corrected chi connectivity index (χ4v) is 3.59. The van der Waals surface area contributed by atoms with Crippen molar-refractivity contribution in [2.75, 3.05) is 6.26 Å². The van der Waals surface area contributed by atoms with Gasteiger partial charge in [-0.1, -0.05) is 44.3 Å². The van der Waals surface area contributed by atoms with Crippen LogP contribution in [-0.4, -0.2) is 22.7 Å². The van der Waals surface area contributed by atoms with E-state index in [4.69, 9.17) is 0 Å². The molecular weight excluding hydrogens is 224 g/mol. The summed E-state index contributed by atoms with van der Waals surface area (Å²) in [6.45, 7) is 8.56. The quantitative estimate of drug-likeness (QED) is 0.551. The van der Waals surface area contributed by atoms with Gasteiger partial charge in [-0.25, -0.2) is 8.42 Å². The van der Waals surface area contributed by atoms with Crippen LogP contribution >= 0.6 is 0 Å². The lowest BCUT2D eigenvalue weighted by molar-refractivity contribution is 0.610. The van der Waals surface area contributed by atoms with Crippen LogP contribution < -0.4 is 0 Å². The van der Waals surface area contributed by atoms with Gasteiger partial charge in [0, 0.05) is 11.7 Å². The molecule has 0 aromatic heterocycles. The summed E-state index contributed by atoms with van der Waals surface area (Å²) < 4.78 is 22.0. The maximum absolute atomic E-state index is 11.0. The fraction of sp³-hybridized carbons (Fsp3) is 0.636. The molecule has 0 heterocycles. The number of hydrogen-bond donors (Lipinski definition) is 0. The van der Waals surface area contributed by atoms with Crippen molar-refractivity contribution in [1.29, 1.82) is 0 Å². The highest BCUT2D eigenvalue weighted by molar-refractivity contribution is 7.93. The molecule has 0 atom stereocenters. The van der Waals surface area contributed by atoms with E-state index < -0.39 is 17.9 Å². The predicted octanol–water partition coefficient (Wildman–Crippen LogP) is 3.15. The first-order chi connectivity index (χ1) is 6.72. The molecule has 0 aliphatic carbocycles. The fourth-order valence-electron chi connectivity index (χ4n) is 1.20. The van der Waals surface area contributed by atoms with Crippen LogP contribution in [0.2, 0.25) is 18.6 Å². The van der Waals surface area contributed by atoms with Gasteiger partial charge in [-0.15, -0.1) is 0 Å². The summed E-state index contributed by atoms with van der Waals surface area (Å²) in [5.41, 5.74) is 3.06. The lowest BCUT2D eigenvalue weighted by Crippen LogP contribution is -2.24. The van der Waals surface area contributed by atoms with E-state index in [9.17, 15) is 8.42 Å². The third kappa shape index (κ3) is 6.68. The first-order valence-corrected chi connectivity index (χ1v) is 10.2. The van der Waals surface area contributed by atoms with Gasteiger partial charge >= 0.3 is 0 Å². The van der Waals surface area contributed by atoms with Crippen LogP contribution in [0.15, 0.2) is 22.8 Å². The Morgan fingerprint density at radius 1 is 1.27 bits per heavy atom. The Kier molecular flexibility index (Phi) is 5.52. The van der Waals surface area contributed by atoms with E-state index >= 15 is 0 Å². The van der Waals surface area contributed by atoms with Crippen molar-refractivity contribution >= 4 is 17.9 Å². The standard InChI is InChI=1S/C11H22O2SSi/c1-6-15(5,7-2)9-8-11(3)10-14(4,12)13/h8-10H,6-7H2,1-5H3/b9-8+,11-10+. The van der Waals surface area contributed by atoms with E-state index in [1.54, 1.807) is 0 Å². The molecule has 0 saturated heterocycles. The summed E-state index contributed by atoms with van der Waals surface area (Å²) in [6, 6.07) is 2.40. The van der Waals surface area contributed by atoms with E-state index in [0.717, 1.165) is 5.57 Å². The highest BCUT2D eigenvalue weighted by Crippen LogP contribution is 2.17.